The molecule has 0 aliphatic carbocycles. The summed E-state index contributed by atoms with van der Waals surface area (Å²) in [6.45, 7) is 9.86. The van der Waals surface area contributed by atoms with Gasteiger partial charge >= 0.3 is 5.97 Å². The van der Waals surface area contributed by atoms with Crippen molar-refractivity contribution in [3.8, 4) is 5.06 Å². The van der Waals surface area contributed by atoms with Crippen LogP contribution in [0.1, 0.15) is 88.7 Å². The third kappa shape index (κ3) is 11.2. The average molecular weight is 397 g/mol. The van der Waals surface area contributed by atoms with E-state index >= 15 is 0 Å². The molecule has 154 valence electrons. The molecule has 5 heteroatoms. The van der Waals surface area contributed by atoms with Crippen molar-refractivity contribution in [2.75, 3.05) is 6.61 Å². The van der Waals surface area contributed by atoms with Crippen LogP contribution < -0.4 is 4.74 Å². The number of hydrogen-bond acceptors (Lipinski definition) is 4. The van der Waals surface area contributed by atoms with Crippen LogP contribution in [-0.4, -0.2) is 23.5 Å². The van der Waals surface area contributed by atoms with Crippen LogP contribution >= 0.6 is 11.3 Å². The van der Waals surface area contributed by atoms with E-state index in [0.717, 1.165) is 18.3 Å². The average Bonchev–Trinajstić information content (AvgIpc) is 3.03. The number of carbonyl (C=O) groups excluding carboxylic acids is 1. The fraction of sp³-hybridized carbons (Fsp3) is 0.727. The summed E-state index contributed by atoms with van der Waals surface area (Å²) in [5.74, 6) is 0.796. The number of Topliss-reactive ketones (excluding diaryl/α,β-unsaturated/α-hetero) is 1. The Hall–Kier alpha value is -1.36. The van der Waals surface area contributed by atoms with E-state index in [1.165, 1.54) is 49.9 Å². The molecule has 0 aliphatic rings. The third-order valence-electron chi connectivity index (χ3n) is 4.90. The second-order valence-corrected chi connectivity index (χ2v) is 9.26. The SMILES string of the molecule is CC(C)CCCC(C)CCCC(C)CCOc1ccc(C(=O)CC(=O)O)s1. The molecule has 0 radical (unpaired) electrons. The molecule has 0 saturated heterocycles. The Bertz CT molecular complexity index is 564. The molecule has 0 amide bonds. The van der Waals surface area contributed by atoms with Crippen molar-refractivity contribution in [2.24, 2.45) is 17.8 Å². The fourth-order valence-corrected chi connectivity index (χ4v) is 3.93. The second kappa shape index (κ2) is 12.9. The Morgan fingerprint density at radius 3 is 2.15 bits per heavy atom. The highest BCUT2D eigenvalue weighted by atomic mass is 32.1. The predicted octanol–water partition coefficient (Wildman–Crippen LogP) is 6.44. The largest absolute Gasteiger partial charge is 0.484 e. The zero-order chi connectivity index (χ0) is 20.2. The number of aliphatic carboxylic acids is 1. The molecular formula is C22H36O4S. The van der Waals surface area contributed by atoms with Gasteiger partial charge in [-0.1, -0.05) is 77.6 Å². The van der Waals surface area contributed by atoms with Gasteiger partial charge in [-0.25, -0.2) is 0 Å². The van der Waals surface area contributed by atoms with Crippen LogP contribution in [0.3, 0.4) is 0 Å². The molecule has 1 aromatic rings. The van der Waals surface area contributed by atoms with Gasteiger partial charge in [-0.3, -0.25) is 9.59 Å². The fourth-order valence-electron chi connectivity index (χ4n) is 3.11. The highest BCUT2D eigenvalue weighted by Crippen LogP contribution is 2.26. The Balaban J connectivity index is 2.15. The van der Waals surface area contributed by atoms with Crippen LogP contribution in [0, 0.1) is 17.8 Å². The summed E-state index contributed by atoms with van der Waals surface area (Å²) < 4.78 is 5.73. The van der Waals surface area contributed by atoms with Crippen molar-refractivity contribution in [1.29, 1.82) is 0 Å². The maximum atomic E-state index is 11.7. The molecule has 0 saturated carbocycles. The molecule has 0 spiro atoms. The molecule has 1 heterocycles. The summed E-state index contributed by atoms with van der Waals surface area (Å²) in [4.78, 5) is 22.7. The molecule has 2 unspecified atom stereocenters. The van der Waals surface area contributed by atoms with Crippen molar-refractivity contribution in [2.45, 2.75) is 79.1 Å². The van der Waals surface area contributed by atoms with Gasteiger partial charge < -0.3 is 9.84 Å². The first-order chi connectivity index (χ1) is 12.8. The maximum absolute atomic E-state index is 11.7. The van der Waals surface area contributed by atoms with Gasteiger partial charge in [-0.05, 0) is 36.3 Å². The Labute approximate surface area is 168 Å². The van der Waals surface area contributed by atoms with Crippen LogP contribution in [0.5, 0.6) is 5.06 Å². The van der Waals surface area contributed by atoms with Gasteiger partial charge in [-0.2, -0.15) is 0 Å². The van der Waals surface area contributed by atoms with Crippen molar-refractivity contribution in [3.05, 3.63) is 17.0 Å². The second-order valence-electron chi connectivity index (χ2n) is 8.22. The van der Waals surface area contributed by atoms with Gasteiger partial charge in [0, 0.05) is 0 Å². The standard InChI is InChI=1S/C22H36O4S/c1-16(2)7-5-8-17(3)9-6-10-18(4)13-14-26-22-12-11-20(27-22)19(23)15-21(24)25/h11-12,16-18H,5-10,13-15H2,1-4H3,(H,24,25). The van der Waals surface area contributed by atoms with Crippen molar-refractivity contribution in [1.82, 2.24) is 0 Å². The molecular weight excluding hydrogens is 360 g/mol. The van der Waals surface area contributed by atoms with E-state index in [1.807, 2.05) is 0 Å². The highest BCUT2D eigenvalue weighted by Gasteiger charge is 2.14. The smallest absolute Gasteiger partial charge is 0.311 e. The normalized spacial score (nSPS) is 13.5. The number of ketones is 1. The summed E-state index contributed by atoms with van der Waals surface area (Å²) >= 11 is 1.23. The summed E-state index contributed by atoms with van der Waals surface area (Å²) in [6, 6.07) is 3.40. The van der Waals surface area contributed by atoms with Crippen molar-refractivity contribution < 1.29 is 19.4 Å². The zero-order valence-corrected chi connectivity index (χ0v) is 18.1. The lowest BCUT2D eigenvalue weighted by molar-refractivity contribution is -0.135. The van der Waals surface area contributed by atoms with Crippen LogP contribution in [0.2, 0.25) is 0 Å². The van der Waals surface area contributed by atoms with Gasteiger partial charge in [-0.15, -0.1) is 0 Å². The molecule has 1 rings (SSSR count). The molecule has 0 aromatic carbocycles. The zero-order valence-electron chi connectivity index (χ0n) is 17.3. The minimum atomic E-state index is -1.10. The minimum absolute atomic E-state index is 0.363. The Morgan fingerprint density at radius 2 is 1.56 bits per heavy atom. The first-order valence-corrected chi connectivity index (χ1v) is 11.1. The van der Waals surface area contributed by atoms with Crippen LogP contribution in [0.4, 0.5) is 0 Å². The molecule has 0 aliphatic heterocycles. The molecule has 2 atom stereocenters. The molecule has 0 fully saturated rings. The van der Waals surface area contributed by atoms with Crippen LogP contribution in [0.15, 0.2) is 12.1 Å². The number of rotatable bonds is 15. The van der Waals surface area contributed by atoms with E-state index in [-0.39, 0.29) is 5.78 Å². The third-order valence-corrected chi connectivity index (χ3v) is 5.93. The lowest BCUT2D eigenvalue weighted by atomic mass is 9.93. The summed E-state index contributed by atoms with van der Waals surface area (Å²) in [6.07, 6.45) is 8.37. The predicted molar refractivity (Wildman–Crippen MR) is 112 cm³/mol. The number of hydrogen-bond donors (Lipinski definition) is 1. The van der Waals surface area contributed by atoms with Gasteiger partial charge in [0.1, 0.15) is 6.42 Å². The molecule has 0 bridgehead atoms. The van der Waals surface area contributed by atoms with Crippen molar-refractivity contribution in [3.63, 3.8) is 0 Å². The Kier molecular flexibility index (Phi) is 11.3. The van der Waals surface area contributed by atoms with E-state index in [2.05, 4.69) is 27.7 Å². The number of ether oxygens (including phenoxy) is 1. The quantitative estimate of drug-likeness (QED) is 0.273. The van der Waals surface area contributed by atoms with Crippen molar-refractivity contribution >= 4 is 23.1 Å². The highest BCUT2D eigenvalue weighted by molar-refractivity contribution is 7.15. The Morgan fingerprint density at radius 1 is 0.963 bits per heavy atom. The minimum Gasteiger partial charge on any atom is -0.484 e. The van der Waals surface area contributed by atoms with E-state index in [0.29, 0.717) is 22.5 Å². The molecule has 27 heavy (non-hydrogen) atoms. The first-order valence-electron chi connectivity index (χ1n) is 10.3. The summed E-state index contributed by atoms with van der Waals surface area (Å²) in [7, 11) is 0. The van der Waals surface area contributed by atoms with Gasteiger partial charge in [0.15, 0.2) is 10.8 Å². The van der Waals surface area contributed by atoms with Crippen LogP contribution in [-0.2, 0) is 4.79 Å². The van der Waals surface area contributed by atoms with Gasteiger partial charge in [0.2, 0.25) is 0 Å². The maximum Gasteiger partial charge on any atom is 0.311 e. The molecule has 1 aromatic heterocycles. The molecule has 4 nitrogen and oxygen atoms in total. The number of thiophene rings is 1. The number of carboxylic acid groups (broad SMARTS) is 1. The molecule has 1 N–H and O–H groups in total. The topological polar surface area (TPSA) is 63.6 Å². The monoisotopic (exact) mass is 396 g/mol. The number of carbonyl (C=O) groups is 2. The van der Waals surface area contributed by atoms with Gasteiger partial charge in [0.25, 0.3) is 0 Å². The summed E-state index contributed by atoms with van der Waals surface area (Å²) in [5, 5.41) is 9.37. The van der Waals surface area contributed by atoms with E-state index < -0.39 is 12.4 Å². The van der Waals surface area contributed by atoms with E-state index in [4.69, 9.17) is 9.84 Å². The lowest BCUT2D eigenvalue weighted by Crippen LogP contribution is -2.05. The van der Waals surface area contributed by atoms with E-state index in [1.54, 1.807) is 12.1 Å². The summed E-state index contributed by atoms with van der Waals surface area (Å²) in [5.41, 5.74) is 0. The lowest BCUT2D eigenvalue weighted by Gasteiger charge is -2.15. The first kappa shape index (κ1) is 23.7. The van der Waals surface area contributed by atoms with Gasteiger partial charge in [0.05, 0.1) is 11.5 Å². The van der Waals surface area contributed by atoms with Crippen LogP contribution in [0.25, 0.3) is 0 Å². The number of carboxylic acids is 1. The van der Waals surface area contributed by atoms with E-state index in [9.17, 15) is 9.59 Å².